The van der Waals surface area contributed by atoms with Gasteiger partial charge in [0.25, 0.3) is 0 Å². The van der Waals surface area contributed by atoms with Crippen molar-refractivity contribution in [2.45, 2.75) is 122 Å². The zero-order chi connectivity index (χ0) is 32.7. The first-order valence-electron chi connectivity index (χ1n) is 17.6. The van der Waals surface area contributed by atoms with E-state index in [2.05, 4.69) is 168 Å². The number of benzene rings is 3. The van der Waals surface area contributed by atoms with E-state index >= 15 is 0 Å². The zero-order valence-electron chi connectivity index (χ0n) is 30.1. The Morgan fingerprint density at radius 3 is 1.29 bits per heavy atom. The molecule has 3 fully saturated rings. The Balaban J connectivity index is 0.000000154. The SMILES string of the molecule is CC(C)(C)N1CC(c2ccccc2)C1.CC(C)(C)N1CCC(c2ccccc2)CC1.CC(C)(C)N1CCCC1c1ccccc1. The molecule has 0 spiro atoms. The fourth-order valence-electron chi connectivity index (χ4n) is 7.16. The molecule has 3 aromatic carbocycles. The average molecular weight is 610 g/mol. The van der Waals surface area contributed by atoms with Crippen LogP contribution >= 0.6 is 0 Å². The molecule has 6 rings (SSSR count). The van der Waals surface area contributed by atoms with Gasteiger partial charge in [-0.2, -0.15) is 0 Å². The fraction of sp³-hybridized carbons (Fsp3) is 0.571. The summed E-state index contributed by atoms with van der Waals surface area (Å²) in [7, 11) is 0. The Labute approximate surface area is 277 Å². The zero-order valence-corrected chi connectivity index (χ0v) is 30.1. The van der Waals surface area contributed by atoms with Crippen molar-refractivity contribution >= 4 is 0 Å². The topological polar surface area (TPSA) is 9.72 Å². The lowest BCUT2D eigenvalue weighted by Crippen LogP contribution is -2.54. The first-order valence-corrected chi connectivity index (χ1v) is 17.6. The molecule has 3 aliphatic heterocycles. The average Bonchev–Trinajstić information content (AvgIpc) is 3.49. The molecule has 1 unspecified atom stereocenters. The van der Waals surface area contributed by atoms with Crippen LogP contribution in [0.1, 0.15) is 123 Å². The largest absolute Gasteiger partial charge is 0.298 e. The van der Waals surface area contributed by atoms with Crippen molar-refractivity contribution in [2.24, 2.45) is 0 Å². The summed E-state index contributed by atoms with van der Waals surface area (Å²) >= 11 is 0. The predicted octanol–water partition coefficient (Wildman–Crippen LogP) is 10.2. The van der Waals surface area contributed by atoms with Gasteiger partial charge in [0, 0.05) is 41.7 Å². The number of likely N-dealkylation sites (tertiary alicyclic amines) is 3. The summed E-state index contributed by atoms with van der Waals surface area (Å²) in [5.74, 6) is 1.54. The smallest absolute Gasteiger partial charge is 0.0353 e. The lowest BCUT2D eigenvalue weighted by Gasteiger charge is -2.48. The Kier molecular flexibility index (Phi) is 12.1. The number of piperidine rings is 1. The van der Waals surface area contributed by atoms with Gasteiger partial charge in [0.05, 0.1) is 0 Å². The Morgan fingerprint density at radius 2 is 0.867 bits per heavy atom. The number of hydrogen-bond donors (Lipinski definition) is 0. The molecular formula is C42H63N3. The quantitative estimate of drug-likeness (QED) is 0.293. The highest BCUT2D eigenvalue weighted by molar-refractivity contribution is 5.24. The molecule has 1 atom stereocenters. The molecule has 3 heteroatoms. The van der Waals surface area contributed by atoms with E-state index in [-0.39, 0.29) is 5.54 Å². The standard InChI is InChI=1S/C15H23N.C14H21N.C13H19N/c1-15(2,3)16-11-9-14(10-12-16)13-7-5-4-6-8-13;1-14(2,3)15-11-7-10-13(15)12-8-5-4-6-9-12;1-13(2,3)14-9-12(10-14)11-7-5-4-6-8-11/h4-8,14H,9-12H2,1-3H3;4-6,8-9,13H,7,10-11H2,1-3H3;4-8,12H,9-10H2,1-3H3. The minimum atomic E-state index is 0.289. The summed E-state index contributed by atoms with van der Waals surface area (Å²) in [5.41, 5.74) is 5.46. The molecule has 3 heterocycles. The van der Waals surface area contributed by atoms with Crippen molar-refractivity contribution in [1.29, 1.82) is 0 Å². The van der Waals surface area contributed by atoms with E-state index in [4.69, 9.17) is 0 Å². The van der Waals surface area contributed by atoms with Crippen LogP contribution in [-0.4, -0.2) is 64.0 Å². The van der Waals surface area contributed by atoms with Crippen LogP contribution in [0, 0.1) is 0 Å². The van der Waals surface area contributed by atoms with E-state index in [9.17, 15) is 0 Å². The van der Waals surface area contributed by atoms with Crippen LogP contribution in [0.3, 0.4) is 0 Å². The third-order valence-corrected chi connectivity index (χ3v) is 10.1. The van der Waals surface area contributed by atoms with Gasteiger partial charge in [-0.05, 0) is 130 Å². The molecule has 0 aliphatic carbocycles. The van der Waals surface area contributed by atoms with E-state index in [1.165, 1.54) is 75.1 Å². The van der Waals surface area contributed by atoms with Crippen LogP contribution in [0.4, 0.5) is 0 Å². The minimum Gasteiger partial charge on any atom is -0.298 e. The van der Waals surface area contributed by atoms with Crippen LogP contribution in [0.2, 0.25) is 0 Å². The van der Waals surface area contributed by atoms with Gasteiger partial charge >= 0.3 is 0 Å². The van der Waals surface area contributed by atoms with Crippen LogP contribution in [-0.2, 0) is 0 Å². The molecule has 0 radical (unpaired) electrons. The molecule has 0 aromatic heterocycles. The van der Waals surface area contributed by atoms with Crippen molar-refractivity contribution in [3.63, 3.8) is 0 Å². The van der Waals surface area contributed by atoms with E-state index in [1.54, 1.807) is 0 Å². The van der Waals surface area contributed by atoms with Gasteiger partial charge in [-0.1, -0.05) is 91.0 Å². The number of rotatable bonds is 3. The van der Waals surface area contributed by atoms with Crippen LogP contribution in [0.5, 0.6) is 0 Å². The fourth-order valence-corrected chi connectivity index (χ4v) is 7.16. The van der Waals surface area contributed by atoms with Gasteiger partial charge in [-0.3, -0.25) is 14.7 Å². The maximum absolute atomic E-state index is 2.63. The van der Waals surface area contributed by atoms with E-state index in [0.717, 1.165) is 11.8 Å². The maximum atomic E-state index is 2.63. The van der Waals surface area contributed by atoms with Gasteiger partial charge < -0.3 is 0 Å². The number of nitrogens with zero attached hydrogens (tertiary/aromatic N) is 3. The molecule has 3 nitrogen and oxygen atoms in total. The highest BCUT2D eigenvalue weighted by Gasteiger charge is 2.35. The van der Waals surface area contributed by atoms with Gasteiger partial charge in [-0.15, -0.1) is 0 Å². The molecule has 0 saturated carbocycles. The lowest BCUT2D eigenvalue weighted by atomic mass is 9.87. The first kappa shape index (κ1) is 35.4. The summed E-state index contributed by atoms with van der Waals surface area (Å²) in [4.78, 5) is 7.76. The Bertz CT molecular complexity index is 1240. The van der Waals surface area contributed by atoms with E-state index < -0.39 is 0 Å². The predicted molar refractivity (Wildman–Crippen MR) is 195 cm³/mol. The van der Waals surface area contributed by atoms with Crippen molar-refractivity contribution < 1.29 is 0 Å². The summed E-state index contributed by atoms with van der Waals surface area (Å²) < 4.78 is 0. The molecule has 246 valence electrons. The third-order valence-electron chi connectivity index (χ3n) is 10.1. The molecule has 3 aromatic rings. The molecule has 3 saturated heterocycles. The van der Waals surface area contributed by atoms with Crippen molar-refractivity contribution in [2.75, 3.05) is 32.7 Å². The molecule has 45 heavy (non-hydrogen) atoms. The second-order valence-electron chi connectivity index (χ2n) is 16.5. The highest BCUT2D eigenvalue weighted by atomic mass is 15.2. The minimum absolute atomic E-state index is 0.289. The lowest BCUT2D eigenvalue weighted by molar-refractivity contribution is 0.0470. The Morgan fingerprint density at radius 1 is 0.444 bits per heavy atom. The van der Waals surface area contributed by atoms with Gasteiger partial charge in [-0.25, -0.2) is 0 Å². The Hall–Kier alpha value is -2.46. The first-order chi connectivity index (χ1) is 21.2. The summed E-state index contributed by atoms with van der Waals surface area (Å²) in [6, 6.07) is 33.3. The highest BCUT2D eigenvalue weighted by Crippen LogP contribution is 2.37. The molecule has 0 N–H and O–H groups in total. The molecule has 0 bridgehead atoms. The summed E-state index contributed by atoms with van der Waals surface area (Å²) in [5, 5.41) is 0. The van der Waals surface area contributed by atoms with Crippen LogP contribution in [0.15, 0.2) is 91.0 Å². The van der Waals surface area contributed by atoms with E-state index in [0.29, 0.717) is 17.1 Å². The maximum Gasteiger partial charge on any atom is 0.0353 e. The summed E-state index contributed by atoms with van der Waals surface area (Å²) in [6.45, 7) is 26.9. The van der Waals surface area contributed by atoms with Crippen LogP contribution in [0.25, 0.3) is 0 Å². The molecular weight excluding hydrogens is 546 g/mol. The molecule has 0 amide bonds. The van der Waals surface area contributed by atoms with Crippen molar-refractivity contribution in [1.82, 2.24) is 14.7 Å². The van der Waals surface area contributed by atoms with Crippen molar-refractivity contribution in [3.05, 3.63) is 108 Å². The van der Waals surface area contributed by atoms with Gasteiger partial charge in [0.1, 0.15) is 0 Å². The summed E-state index contributed by atoms with van der Waals surface area (Å²) in [6.07, 6.45) is 5.25. The van der Waals surface area contributed by atoms with Crippen molar-refractivity contribution in [3.8, 4) is 0 Å². The second-order valence-corrected chi connectivity index (χ2v) is 16.5. The third kappa shape index (κ3) is 10.3. The van der Waals surface area contributed by atoms with Gasteiger partial charge in [0.15, 0.2) is 0 Å². The van der Waals surface area contributed by atoms with E-state index in [1.807, 2.05) is 0 Å². The molecule has 3 aliphatic rings. The van der Waals surface area contributed by atoms with Crippen LogP contribution < -0.4 is 0 Å². The normalized spacial score (nSPS) is 20.9. The van der Waals surface area contributed by atoms with Gasteiger partial charge in [0.2, 0.25) is 0 Å². The monoisotopic (exact) mass is 610 g/mol. The second kappa shape index (κ2) is 15.4. The number of hydrogen-bond acceptors (Lipinski definition) is 3.